The molecule has 0 radical (unpaired) electrons. The van der Waals surface area contributed by atoms with Crippen LogP contribution in [0.3, 0.4) is 0 Å². The second-order valence-electron chi connectivity index (χ2n) is 17.9. The third kappa shape index (κ3) is 42.8. The van der Waals surface area contributed by atoms with Gasteiger partial charge in [-0.25, -0.2) is 0 Å². The van der Waals surface area contributed by atoms with Gasteiger partial charge < -0.3 is 20.3 Å². The van der Waals surface area contributed by atoms with Crippen molar-refractivity contribution in [3.63, 3.8) is 0 Å². The quantitative estimate of drug-likeness (QED) is 0.0322. The maximum Gasteiger partial charge on any atom is 0.306 e. The van der Waals surface area contributed by atoms with Gasteiger partial charge in [0.2, 0.25) is 5.91 Å². The molecule has 0 aliphatic rings. The Morgan fingerprint density at radius 2 is 0.850 bits per heavy atom. The molecular formula is C54H101NO5. The molecule has 0 saturated heterocycles. The van der Waals surface area contributed by atoms with Crippen molar-refractivity contribution in [3.05, 3.63) is 36.5 Å². The molecule has 0 aromatic carbocycles. The van der Waals surface area contributed by atoms with Crippen molar-refractivity contribution in [1.82, 2.24) is 5.32 Å². The van der Waals surface area contributed by atoms with Crippen LogP contribution >= 0.6 is 0 Å². The lowest BCUT2D eigenvalue weighted by Crippen LogP contribution is -2.46. The molecule has 352 valence electrons. The van der Waals surface area contributed by atoms with Gasteiger partial charge in [0.05, 0.1) is 25.2 Å². The Balaban J connectivity index is 4.35. The van der Waals surface area contributed by atoms with Crippen molar-refractivity contribution < 1.29 is 24.5 Å². The van der Waals surface area contributed by atoms with Crippen molar-refractivity contribution >= 4 is 11.9 Å². The summed E-state index contributed by atoms with van der Waals surface area (Å²) in [5.74, 6) is -0.484. The molecule has 3 unspecified atom stereocenters. The van der Waals surface area contributed by atoms with Crippen LogP contribution in [0.25, 0.3) is 0 Å². The van der Waals surface area contributed by atoms with Crippen LogP contribution in [-0.2, 0) is 14.3 Å². The number of nitrogens with one attached hydrogen (secondary N) is 1. The lowest BCUT2D eigenvalue weighted by molar-refractivity contribution is -0.151. The van der Waals surface area contributed by atoms with Crippen LogP contribution in [0.5, 0.6) is 0 Å². The Hall–Kier alpha value is -1.92. The summed E-state index contributed by atoms with van der Waals surface area (Å²) in [6.07, 6.45) is 56.4. The van der Waals surface area contributed by atoms with Gasteiger partial charge in [0.25, 0.3) is 0 Å². The van der Waals surface area contributed by atoms with E-state index in [1.807, 2.05) is 0 Å². The van der Waals surface area contributed by atoms with Crippen LogP contribution in [0.2, 0.25) is 0 Å². The van der Waals surface area contributed by atoms with Crippen LogP contribution in [0.1, 0.15) is 271 Å². The number of allylic oxidation sites excluding steroid dienone is 6. The van der Waals surface area contributed by atoms with Gasteiger partial charge in [-0.05, 0) is 64.2 Å². The summed E-state index contributed by atoms with van der Waals surface area (Å²) in [5, 5.41) is 23.7. The first-order chi connectivity index (χ1) is 29.5. The maximum absolute atomic E-state index is 13.1. The fourth-order valence-electron chi connectivity index (χ4n) is 7.97. The Labute approximate surface area is 373 Å². The second kappa shape index (κ2) is 48.1. The highest BCUT2D eigenvalue weighted by atomic mass is 16.5. The summed E-state index contributed by atoms with van der Waals surface area (Å²) in [6.45, 7) is 6.44. The first-order valence-corrected chi connectivity index (χ1v) is 26.2. The van der Waals surface area contributed by atoms with Crippen molar-refractivity contribution in [2.24, 2.45) is 0 Å². The number of aliphatic hydroxyl groups excluding tert-OH is 2. The number of hydrogen-bond donors (Lipinski definition) is 3. The molecule has 0 aliphatic heterocycles. The number of carbonyl (C=O) groups is 2. The molecule has 0 bridgehead atoms. The van der Waals surface area contributed by atoms with Gasteiger partial charge in [-0.3, -0.25) is 9.59 Å². The van der Waals surface area contributed by atoms with Crippen LogP contribution in [-0.4, -0.2) is 46.9 Å². The molecule has 0 spiro atoms. The first-order valence-electron chi connectivity index (χ1n) is 26.2. The van der Waals surface area contributed by atoms with Crippen molar-refractivity contribution in [3.8, 4) is 0 Å². The van der Waals surface area contributed by atoms with E-state index < -0.39 is 18.2 Å². The number of unbranched alkanes of at least 4 members (excludes halogenated alkanes) is 29. The topological polar surface area (TPSA) is 95.9 Å². The Morgan fingerprint density at radius 1 is 0.483 bits per heavy atom. The summed E-state index contributed by atoms with van der Waals surface area (Å²) < 4.78 is 5.90. The molecular weight excluding hydrogens is 743 g/mol. The predicted molar refractivity (Wildman–Crippen MR) is 259 cm³/mol. The molecule has 0 fully saturated rings. The molecule has 3 N–H and O–H groups in total. The molecule has 0 aromatic rings. The summed E-state index contributed by atoms with van der Waals surface area (Å²) in [6, 6.07) is -0.699. The zero-order valence-corrected chi connectivity index (χ0v) is 40.1. The zero-order valence-electron chi connectivity index (χ0n) is 40.1. The van der Waals surface area contributed by atoms with Gasteiger partial charge in [-0.2, -0.15) is 0 Å². The van der Waals surface area contributed by atoms with E-state index in [1.165, 1.54) is 154 Å². The first kappa shape index (κ1) is 58.1. The third-order valence-corrected chi connectivity index (χ3v) is 12.0. The van der Waals surface area contributed by atoms with E-state index >= 15 is 0 Å². The molecule has 0 aromatic heterocycles. The van der Waals surface area contributed by atoms with E-state index in [1.54, 1.807) is 0 Å². The minimum atomic E-state index is -0.786. The molecule has 0 rings (SSSR count). The van der Waals surface area contributed by atoms with Gasteiger partial charge in [0.15, 0.2) is 0 Å². The number of amides is 1. The maximum atomic E-state index is 13.1. The van der Waals surface area contributed by atoms with Gasteiger partial charge >= 0.3 is 5.97 Å². The minimum absolute atomic E-state index is 0.0744. The van der Waals surface area contributed by atoms with Crippen LogP contribution < -0.4 is 5.32 Å². The molecule has 0 saturated carbocycles. The summed E-state index contributed by atoms with van der Waals surface area (Å²) in [5.41, 5.74) is 0. The second-order valence-corrected chi connectivity index (χ2v) is 17.9. The highest BCUT2D eigenvalue weighted by Crippen LogP contribution is 2.18. The summed E-state index contributed by atoms with van der Waals surface area (Å²) in [4.78, 5) is 26.0. The van der Waals surface area contributed by atoms with Gasteiger partial charge in [-0.1, -0.05) is 231 Å². The lowest BCUT2D eigenvalue weighted by Gasteiger charge is -2.24. The molecule has 6 nitrogen and oxygen atoms in total. The zero-order chi connectivity index (χ0) is 43.8. The fourth-order valence-corrected chi connectivity index (χ4v) is 7.97. The van der Waals surface area contributed by atoms with Gasteiger partial charge in [-0.15, -0.1) is 0 Å². The molecule has 0 aliphatic carbocycles. The fraction of sp³-hybridized carbons (Fsp3) is 0.852. The standard InChI is InChI=1S/C54H101NO5/c1-4-7-10-13-16-18-20-22-24-25-26-27-29-31-33-35-38-41-44-47-54(59)60-50(45-42-39-36-15-12-9-6-3)48-53(58)55-51(49-56)52(57)46-43-40-37-34-32-30-28-23-21-19-17-14-11-8-5-2/h16,18,22,24,26-27,50-52,56-57H,4-15,17,19-21,23,25,28-49H2,1-3H3,(H,55,58)/b18-16-,24-22-,27-26-. The SMILES string of the molecule is CCCCC/C=C\C/C=C\C/C=C\CCCCCCCCC(=O)OC(CCCCCCCCC)CC(=O)NC(CO)C(O)CCCCCCCCCCCCCCCCC. The number of carbonyl (C=O) groups excluding carboxylic acids is 2. The number of esters is 1. The van der Waals surface area contributed by atoms with Crippen LogP contribution in [0.15, 0.2) is 36.5 Å². The Bertz CT molecular complexity index is 993. The largest absolute Gasteiger partial charge is 0.462 e. The summed E-state index contributed by atoms with van der Waals surface area (Å²) in [7, 11) is 0. The average Bonchev–Trinajstić information content (AvgIpc) is 3.24. The molecule has 6 heteroatoms. The number of aliphatic hydroxyl groups is 2. The van der Waals surface area contributed by atoms with E-state index in [2.05, 4.69) is 62.5 Å². The van der Waals surface area contributed by atoms with E-state index in [0.717, 1.165) is 70.6 Å². The highest BCUT2D eigenvalue weighted by molar-refractivity contribution is 5.77. The highest BCUT2D eigenvalue weighted by Gasteiger charge is 2.24. The van der Waals surface area contributed by atoms with Gasteiger partial charge in [0, 0.05) is 6.42 Å². The molecule has 1 amide bonds. The summed E-state index contributed by atoms with van der Waals surface area (Å²) >= 11 is 0. The molecule has 60 heavy (non-hydrogen) atoms. The molecule has 0 heterocycles. The lowest BCUT2D eigenvalue weighted by atomic mass is 10.0. The minimum Gasteiger partial charge on any atom is -0.462 e. The van der Waals surface area contributed by atoms with E-state index in [4.69, 9.17) is 4.74 Å². The predicted octanol–water partition coefficient (Wildman–Crippen LogP) is 15.7. The number of ether oxygens (including phenoxy) is 1. The smallest absolute Gasteiger partial charge is 0.306 e. The van der Waals surface area contributed by atoms with Crippen LogP contribution in [0, 0.1) is 0 Å². The van der Waals surface area contributed by atoms with E-state index in [-0.39, 0.29) is 24.9 Å². The number of hydrogen-bond acceptors (Lipinski definition) is 5. The van der Waals surface area contributed by atoms with Crippen molar-refractivity contribution in [2.75, 3.05) is 6.61 Å². The van der Waals surface area contributed by atoms with Crippen molar-refractivity contribution in [1.29, 1.82) is 0 Å². The third-order valence-electron chi connectivity index (χ3n) is 12.0. The van der Waals surface area contributed by atoms with Crippen LogP contribution in [0.4, 0.5) is 0 Å². The normalized spacial score (nSPS) is 13.5. The monoisotopic (exact) mass is 844 g/mol. The molecule has 3 atom stereocenters. The van der Waals surface area contributed by atoms with Gasteiger partial charge in [0.1, 0.15) is 6.10 Å². The van der Waals surface area contributed by atoms with E-state index in [9.17, 15) is 19.8 Å². The van der Waals surface area contributed by atoms with E-state index in [0.29, 0.717) is 19.3 Å². The van der Waals surface area contributed by atoms with Crippen molar-refractivity contribution in [2.45, 2.75) is 289 Å². The average molecular weight is 844 g/mol. The number of rotatable bonds is 47. The Kier molecular flexibility index (Phi) is 46.6. The Morgan fingerprint density at radius 3 is 1.32 bits per heavy atom.